The van der Waals surface area contributed by atoms with E-state index in [1.54, 1.807) is 30.3 Å². The molecule has 30 heavy (non-hydrogen) atoms. The molecule has 10 heteroatoms. The van der Waals surface area contributed by atoms with Gasteiger partial charge in [0.15, 0.2) is 11.6 Å². The van der Waals surface area contributed by atoms with Crippen LogP contribution in [0.3, 0.4) is 0 Å². The van der Waals surface area contributed by atoms with Crippen molar-refractivity contribution in [2.24, 2.45) is 11.0 Å². The average molecular weight is 445 g/mol. The number of nitrogen functional groups attached to an aromatic ring is 2. The third-order valence-electron chi connectivity index (χ3n) is 4.41. The summed E-state index contributed by atoms with van der Waals surface area (Å²) in [5, 5.41) is 5.03. The zero-order chi connectivity index (χ0) is 22.1. The van der Waals surface area contributed by atoms with Crippen LogP contribution in [0.2, 0.25) is 5.02 Å². The number of benzene rings is 3. The summed E-state index contributed by atoms with van der Waals surface area (Å²) in [6, 6.07) is 14.8. The van der Waals surface area contributed by atoms with Gasteiger partial charge in [0.1, 0.15) is 4.90 Å². The molecule has 0 atom stereocenters. The molecule has 8 nitrogen and oxygen atoms in total. The van der Waals surface area contributed by atoms with Gasteiger partial charge in [-0.25, -0.2) is 13.6 Å². The number of hydrogen-bond donors (Lipinski definition) is 4. The summed E-state index contributed by atoms with van der Waals surface area (Å²) in [5.41, 5.74) is 8.85. The average Bonchev–Trinajstić information content (AvgIpc) is 2.72. The van der Waals surface area contributed by atoms with Gasteiger partial charge in [0.2, 0.25) is 10.0 Å². The summed E-state index contributed by atoms with van der Waals surface area (Å²) >= 11 is 5.90. The first kappa shape index (κ1) is 21.5. The maximum absolute atomic E-state index is 13.3. The molecule has 7 N–H and O–H groups in total. The maximum Gasteiger partial charge on any atom is 0.239 e. The van der Waals surface area contributed by atoms with E-state index in [1.807, 2.05) is 0 Å². The molecule has 0 fully saturated rings. The molecule has 0 radical (unpaired) electrons. The van der Waals surface area contributed by atoms with Crippen LogP contribution in [-0.2, 0) is 10.0 Å². The fourth-order valence-corrected chi connectivity index (χ4v) is 4.00. The van der Waals surface area contributed by atoms with Crippen LogP contribution in [0.15, 0.2) is 65.6 Å². The number of carbonyl (C=O) groups is 2. The smallest absolute Gasteiger partial charge is 0.239 e. The van der Waals surface area contributed by atoms with Gasteiger partial charge in [0.05, 0.1) is 22.0 Å². The van der Waals surface area contributed by atoms with E-state index in [0.29, 0.717) is 5.56 Å². The maximum atomic E-state index is 13.3. The lowest BCUT2D eigenvalue weighted by molar-refractivity contribution is 0.100. The van der Waals surface area contributed by atoms with Crippen molar-refractivity contribution in [2.75, 3.05) is 11.2 Å². The second-order valence-corrected chi connectivity index (χ2v) is 8.25. The molecule has 0 bridgehead atoms. The fraction of sp³-hybridized carbons (Fsp3) is 0. The molecule has 0 amide bonds. The van der Waals surface area contributed by atoms with E-state index >= 15 is 0 Å². The summed E-state index contributed by atoms with van der Waals surface area (Å²) in [4.78, 5) is 25.9. The topological polar surface area (TPSA) is 158 Å². The normalized spacial score (nSPS) is 11.2. The molecular formula is C20H17ClN4O4S. The zero-order valence-electron chi connectivity index (χ0n) is 15.4. The van der Waals surface area contributed by atoms with Gasteiger partial charge in [-0.05, 0) is 30.3 Å². The van der Waals surface area contributed by atoms with Crippen molar-refractivity contribution in [3.63, 3.8) is 0 Å². The fourth-order valence-electron chi connectivity index (χ4n) is 2.93. The standard InChI is InChI=1S/C20H17ClN4O4S/c21-14-8-6-12(10-16(14)30(24,28)29)20(27)17-13(7-9-15(25-23)18(17)22)19(26)11-4-2-1-3-5-11/h1-10,25H,22-23H2,(H2,24,28,29). The first-order valence-electron chi connectivity index (χ1n) is 8.51. The van der Waals surface area contributed by atoms with Gasteiger partial charge in [0.25, 0.3) is 0 Å². The minimum atomic E-state index is -4.18. The van der Waals surface area contributed by atoms with Crippen LogP contribution in [-0.4, -0.2) is 20.0 Å². The zero-order valence-corrected chi connectivity index (χ0v) is 17.0. The van der Waals surface area contributed by atoms with Crippen molar-refractivity contribution in [3.05, 3.63) is 87.9 Å². The quantitative estimate of drug-likeness (QED) is 0.196. The highest BCUT2D eigenvalue weighted by atomic mass is 35.5. The number of primary sulfonamides is 1. The Labute approximate surface area is 177 Å². The summed E-state index contributed by atoms with van der Waals surface area (Å²) in [6.07, 6.45) is 0. The Morgan fingerprint density at radius 3 is 2.17 bits per heavy atom. The number of halogens is 1. The van der Waals surface area contributed by atoms with Gasteiger partial charge in [-0.15, -0.1) is 0 Å². The van der Waals surface area contributed by atoms with Crippen LogP contribution in [0.4, 0.5) is 11.4 Å². The van der Waals surface area contributed by atoms with Crippen molar-refractivity contribution in [2.45, 2.75) is 4.90 Å². The first-order chi connectivity index (χ1) is 14.1. The number of hydrazine groups is 1. The van der Waals surface area contributed by atoms with Crippen LogP contribution >= 0.6 is 11.6 Å². The molecule has 3 aromatic carbocycles. The highest BCUT2D eigenvalue weighted by Crippen LogP contribution is 2.31. The van der Waals surface area contributed by atoms with Gasteiger partial charge >= 0.3 is 0 Å². The van der Waals surface area contributed by atoms with E-state index in [2.05, 4.69) is 5.43 Å². The van der Waals surface area contributed by atoms with E-state index < -0.39 is 26.5 Å². The molecule has 0 aliphatic heterocycles. The Morgan fingerprint density at radius 1 is 0.900 bits per heavy atom. The van der Waals surface area contributed by atoms with E-state index in [1.165, 1.54) is 24.3 Å². The number of nitrogens with two attached hydrogens (primary N) is 3. The molecule has 0 aromatic heterocycles. The minimum Gasteiger partial charge on any atom is -0.396 e. The predicted octanol–water partition coefficient (Wildman–Crippen LogP) is 2.32. The number of ketones is 2. The van der Waals surface area contributed by atoms with Crippen LogP contribution < -0.4 is 22.1 Å². The Morgan fingerprint density at radius 2 is 1.57 bits per heavy atom. The van der Waals surface area contributed by atoms with Gasteiger partial charge in [-0.1, -0.05) is 41.9 Å². The van der Waals surface area contributed by atoms with E-state index in [-0.39, 0.29) is 33.1 Å². The molecule has 0 saturated heterocycles. The second-order valence-electron chi connectivity index (χ2n) is 6.31. The third-order valence-corrected chi connectivity index (χ3v) is 5.80. The molecule has 0 saturated carbocycles. The van der Waals surface area contributed by atoms with Crippen molar-refractivity contribution < 1.29 is 18.0 Å². The lowest BCUT2D eigenvalue weighted by Crippen LogP contribution is -2.18. The van der Waals surface area contributed by atoms with Gasteiger partial charge in [0, 0.05) is 16.7 Å². The Bertz CT molecular complexity index is 1260. The Balaban J connectivity index is 2.22. The number of nitrogens with one attached hydrogen (secondary N) is 1. The third kappa shape index (κ3) is 4.05. The first-order valence-corrected chi connectivity index (χ1v) is 10.4. The van der Waals surface area contributed by atoms with Crippen molar-refractivity contribution in [1.82, 2.24) is 0 Å². The van der Waals surface area contributed by atoms with Gasteiger partial charge < -0.3 is 11.2 Å². The Hall–Kier alpha value is -3.24. The van der Waals surface area contributed by atoms with E-state index in [4.69, 9.17) is 28.3 Å². The molecule has 0 spiro atoms. The summed E-state index contributed by atoms with van der Waals surface area (Å²) in [5.74, 6) is 4.33. The number of rotatable bonds is 6. The lowest BCUT2D eigenvalue weighted by atomic mass is 9.91. The number of carbonyl (C=O) groups excluding carboxylic acids is 2. The molecule has 3 aromatic rings. The number of sulfonamides is 1. The molecule has 0 unspecified atom stereocenters. The molecular weight excluding hydrogens is 428 g/mol. The van der Waals surface area contributed by atoms with Crippen molar-refractivity contribution >= 4 is 44.6 Å². The molecule has 154 valence electrons. The molecule has 0 heterocycles. The summed E-state index contributed by atoms with van der Waals surface area (Å²) < 4.78 is 23.5. The minimum absolute atomic E-state index is 0.0369. The molecule has 0 aliphatic rings. The lowest BCUT2D eigenvalue weighted by Gasteiger charge is -2.15. The largest absolute Gasteiger partial charge is 0.396 e. The second kappa shape index (κ2) is 8.25. The van der Waals surface area contributed by atoms with E-state index in [0.717, 1.165) is 6.07 Å². The van der Waals surface area contributed by atoms with Gasteiger partial charge in [-0.3, -0.25) is 15.4 Å². The van der Waals surface area contributed by atoms with E-state index in [9.17, 15) is 18.0 Å². The highest BCUT2D eigenvalue weighted by Gasteiger charge is 2.25. The highest BCUT2D eigenvalue weighted by molar-refractivity contribution is 7.89. The number of anilines is 2. The summed E-state index contributed by atoms with van der Waals surface area (Å²) in [6.45, 7) is 0. The Kier molecular flexibility index (Phi) is 5.90. The van der Waals surface area contributed by atoms with Crippen LogP contribution in [0.1, 0.15) is 31.8 Å². The summed E-state index contributed by atoms with van der Waals surface area (Å²) in [7, 11) is -4.18. The van der Waals surface area contributed by atoms with Gasteiger partial charge in [-0.2, -0.15) is 0 Å². The predicted molar refractivity (Wildman–Crippen MR) is 115 cm³/mol. The van der Waals surface area contributed by atoms with Crippen molar-refractivity contribution in [3.8, 4) is 0 Å². The van der Waals surface area contributed by atoms with Crippen molar-refractivity contribution in [1.29, 1.82) is 0 Å². The molecule has 0 aliphatic carbocycles. The molecule has 3 rings (SSSR count). The van der Waals surface area contributed by atoms with Crippen LogP contribution in [0, 0.1) is 0 Å². The number of hydrogen-bond acceptors (Lipinski definition) is 7. The SMILES string of the molecule is NNc1ccc(C(=O)c2ccccc2)c(C(=O)c2ccc(Cl)c(S(N)(=O)=O)c2)c1N. The monoisotopic (exact) mass is 444 g/mol. The van der Waals surface area contributed by atoms with Crippen LogP contribution in [0.5, 0.6) is 0 Å². The van der Waals surface area contributed by atoms with Crippen LogP contribution in [0.25, 0.3) is 0 Å².